The Bertz CT molecular complexity index is 1360. The highest BCUT2D eigenvalue weighted by atomic mass is 16.6. The molecule has 3 aromatic rings. The Kier molecular flexibility index (Phi) is 6.91. The molecule has 0 amide bonds. The van der Waals surface area contributed by atoms with E-state index in [2.05, 4.69) is 4.99 Å². The minimum absolute atomic E-state index is 0.0330. The number of esters is 1. The van der Waals surface area contributed by atoms with Gasteiger partial charge >= 0.3 is 5.97 Å². The van der Waals surface area contributed by atoms with Crippen LogP contribution in [0.1, 0.15) is 34.7 Å². The lowest BCUT2D eigenvalue weighted by Gasteiger charge is -2.13. The Morgan fingerprint density at radius 3 is 2.57 bits per heavy atom. The molecule has 0 radical (unpaired) electrons. The zero-order chi connectivity index (χ0) is 24.9. The molecule has 1 aliphatic heterocycles. The summed E-state index contributed by atoms with van der Waals surface area (Å²) in [7, 11) is 0. The van der Waals surface area contributed by atoms with Crippen LogP contribution in [0.2, 0.25) is 0 Å². The summed E-state index contributed by atoms with van der Waals surface area (Å²) < 4.78 is 17.1. The van der Waals surface area contributed by atoms with Crippen molar-refractivity contribution in [3.63, 3.8) is 0 Å². The number of nitrogens with zero attached hydrogens (tertiary/aromatic N) is 2. The van der Waals surface area contributed by atoms with E-state index in [1.807, 2.05) is 38.1 Å². The summed E-state index contributed by atoms with van der Waals surface area (Å²) >= 11 is 0. The summed E-state index contributed by atoms with van der Waals surface area (Å²) in [6.45, 7) is 6.34. The van der Waals surface area contributed by atoms with Gasteiger partial charge in [-0.25, -0.2) is 9.79 Å². The average molecular weight is 472 g/mol. The number of nitro groups is 1. The highest BCUT2D eigenvalue weighted by molar-refractivity contribution is 6.13. The first-order chi connectivity index (χ1) is 16.9. The maximum atomic E-state index is 12.5. The Balaban J connectivity index is 1.60. The van der Waals surface area contributed by atoms with Crippen molar-refractivity contribution in [2.45, 2.75) is 27.4 Å². The molecule has 0 N–H and O–H groups in total. The SMILES string of the molecule is CCOc1cc(/C=C2\N=C(c3cccc([N+](=O)[O-])c3C)OC2=O)ccc1OCc1ccccc1C. The normalized spacial score (nSPS) is 14.0. The van der Waals surface area contributed by atoms with Crippen LogP contribution in [-0.2, 0) is 16.1 Å². The number of carbonyl (C=O) groups is 1. The Hall–Kier alpha value is -4.46. The van der Waals surface area contributed by atoms with Gasteiger partial charge in [0.1, 0.15) is 6.61 Å². The summed E-state index contributed by atoms with van der Waals surface area (Å²) in [6.07, 6.45) is 1.58. The molecule has 0 saturated carbocycles. The van der Waals surface area contributed by atoms with Crippen molar-refractivity contribution < 1.29 is 23.9 Å². The fourth-order valence-corrected chi connectivity index (χ4v) is 3.66. The van der Waals surface area contributed by atoms with Crippen LogP contribution in [0.5, 0.6) is 11.5 Å². The molecule has 0 saturated heterocycles. The largest absolute Gasteiger partial charge is 0.490 e. The predicted octanol–water partition coefficient (Wildman–Crippen LogP) is 5.53. The lowest BCUT2D eigenvalue weighted by atomic mass is 10.1. The minimum atomic E-state index is -0.635. The molecule has 1 aliphatic rings. The van der Waals surface area contributed by atoms with Gasteiger partial charge in [-0.05, 0) is 61.7 Å². The quantitative estimate of drug-likeness (QED) is 0.185. The fraction of sp³-hybridized carbons (Fsp3) is 0.185. The van der Waals surface area contributed by atoms with E-state index in [4.69, 9.17) is 14.2 Å². The number of nitro benzene ring substituents is 1. The van der Waals surface area contributed by atoms with Gasteiger partial charge in [0, 0.05) is 17.2 Å². The number of carbonyl (C=O) groups excluding carboxylic acids is 1. The van der Waals surface area contributed by atoms with Crippen LogP contribution in [0.15, 0.2) is 71.4 Å². The van der Waals surface area contributed by atoms with Gasteiger partial charge < -0.3 is 14.2 Å². The van der Waals surface area contributed by atoms with Crippen LogP contribution in [0.25, 0.3) is 6.08 Å². The molecule has 4 rings (SSSR count). The van der Waals surface area contributed by atoms with E-state index in [-0.39, 0.29) is 17.3 Å². The summed E-state index contributed by atoms with van der Waals surface area (Å²) in [5.74, 6) is 0.526. The summed E-state index contributed by atoms with van der Waals surface area (Å²) in [4.78, 5) is 27.5. The molecule has 0 aliphatic carbocycles. The van der Waals surface area contributed by atoms with Gasteiger partial charge in [0.15, 0.2) is 17.2 Å². The number of rotatable bonds is 8. The minimum Gasteiger partial charge on any atom is -0.490 e. The zero-order valence-electron chi connectivity index (χ0n) is 19.6. The molecule has 0 bridgehead atoms. The summed E-state index contributed by atoms with van der Waals surface area (Å²) in [5.41, 5.74) is 3.67. The third-order valence-corrected chi connectivity index (χ3v) is 5.57. The zero-order valence-corrected chi connectivity index (χ0v) is 19.6. The Morgan fingerprint density at radius 2 is 1.83 bits per heavy atom. The molecule has 178 valence electrons. The first-order valence-electron chi connectivity index (χ1n) is 11.1. The topological polar surface area (TPSA) is 100 Å². The van der Waals surface area contributed by atoms with Crippen LogP contribution in [0.4, 0.5) is 5.69 Å². The molecule has 0 fully saturated rings. The molecule has 8 nitrogen and oxygen atoms in total. The van der Waals surface area contributed by atoms with Crippen molar-refractivity contribution in [2.24, 2.45) is 4.99 Å². The van der Waals surface area contributed by atoms with Gasteiger partial charge in [0.2, 0.25) is 5.90 Å². The number of aryl methyl sites for hydroxylation is 1. The van der Waals surface area contributed by atoms with E-state index in [0.29, 0.717) is 41.4 Å². The number of aliphatic imine (C=N–C) groups is 1. The van der Waals surface area contributed by atoms with E-state index in [1.165, 1.54) is 12.1 Å². The van der Waals surface area contributed by atoms with Gasteiger partial charge in [-0.2, -0.15) is 0 Å². The maximum absolute atomic E-state index is 12.5. The van der Waals surface area contributed by atoms with Gasteiger partial charge in [-0.15, -0.1) is 0 Å². The lowest BCUT2D eigenvalue weighted by Crippen LogP contribution is -2.08. The third-order valence-electron chi connectivity index (χ3n) is 5.57. The fourth-order valence-electron chi connectivity index (χ4n) is 3.66. The number of hydrogen-bond donors (Lipinski definition) is 0. The number of cyclic esters (lactones) is 1. The second kappa shape index (κ2) is 10.2. The van der Waals surface area contributed by atoms with Crippen LogP contribution < -0.4 is 9.47 Å². The average Bonchev–Trinajstić information content (AvgIpc) is 3.19. The van der Waals surface area contributed by atoms with Crippen molar-refractivity contribution in [2.75, 3.05) is 6.61 Å². The molecule has 0 atom stereocenters. The Morgan fingerprint density at radius 1 is 1.03 bits per heavy atom. The molecular formula is C27H24N2O6. The standard InChI is InChI=1S/C27H24N2O6/c1-4-33-25-15-19(12-13-24(25)34-16-20-9-6-5-8-17(20)2)14-22-27(30)35-26(28-22)21-10-7-11-23(18(21)3)29(31)32/h5-15H,4,16H2,1-3H3/b22-14-. The van der Waals surface area contributed by atoms with Gasteiger partial charge in [0.05, 0.1) is 11.5 Å². The number of hydrogen-bond acceptors (Lipinski definition) is 7. The third kappa shape index (κ3) is 5.22. The van der Waals surface area contributed by atoms with Crippen LogP contribution in [-0.4, -0.2) is 23.4 Å². The molecule has 0 aromatic heterocycles. The molecule has 1 heterocycles. The maximum Gasteiger partial charge on any atom is 0.363 e. The number of benzene rings is 3. The van der Waals surface area contributed by atoms with E-state index in [1.54, 1.807) is 37.3 Å². The summed E-state index contributed by atoms with van der Waals surface area (Å²) in [5, 5.41) is 11.2. The number of ether oxygens (including phenoxy) is 3. The van der Waals surface area contributed by atoms with Crippen molar-refractivity contribution in [3.8, 4) is 11.5 Å². The first-order valence-corrected chi connectivity index (χ1v) is 11.1. The predicted molar refractivity (Wildman–Crippen MR) is 132 cm³/mol. The monoisotopic (exact) mass is 472 g/mol. The van der Waals surface area contributed by atoms with E-state index < -0.39 is 10.9 Å². The Labute approximate surface area is 202 Å². The van der Waals surface area contributed by atoms with Gasteiger partial charge in [-0.3, -0.25) is 10.1 Å². The van der Waals surface area contributed by atoms with Gasteiger partial charge in [0.25, 0.3) is 5.69 Å². The molecular weight excluding hydrogens is 448 g/mol. The van der Waals surface area contributed by atoms with E-state index >= 15 is 0 Å². The van der Waals surface area contributed by atoms with Crippen molar-refractivity contribution in [1.29, 1.82) is 0 Å². The highest BCUT2D eigenvalue weighted by Crippen LogP contribution is 2.31. The summed E-state index contributed by atoms with van der Waals surface area (Å²) in [6, 6.07) is 17.9. The molecule has 35 heavy (non-hydrogen) atoms. The van der Waals surface area contributed by atoms with E-state index in [0.717, 1.165) is 11.1 Å². The highest BCUT2D eigenvalue weighted by Gasteiger charge is 2.27. The molecule has 0 spiro atoms. The van der Waals surface area contributed by atoms with Crippen molar-refractivity contribution >= 4 is 23.6 Å². The van der Waals surface area contributed by atoms with Gasteiger partial charge in [-0.1, -0.05) is 36.4 Å². The molecule has 3 aromatic carbocycles. The second-order valence-corrected chi connectivity index (χ2v) is 7.90. The van der Waals surface area contributed by atoms with E-state index in [9.17, 15) is 14.9 Å². The smallest absolute Gasteiger partial charge is 0.363 e. The van der Waals surface area contributed by atoms with Crippen LogP contribution >= 0.6 is 0 Å². The molecule has 8 heteroatoms. The lowest BCUT2D eigenvalue weighted by molar-refractivity contribution is -0.385. The van der Waals surface area contributed by atoms with Crippen LogP contribution in [0, 0.1) is 24.0 Å². The van der Waals surface area contributed by atoms with Crippen LogP contribution in [0.3, 0.4) is 0 Å². The van der Waals surface area contributed by atoms with Crippen molar-refractivity contribution in [1.82, 2.24) is 0 Å². The second-order valence-electron chi connectivity index (χ2n) is 7.90. The first kappa shape index (κ1) is 23.7. The molecule has 0 unspecified atom stereocenters. The van der Waals surface area contributed by atoms with Crippen molar-refractivity contribution in [3.05, 3.63) is 104 Å².